The number of hydroxylamine groups is 2. The summed E-state index contributed by atoms with van der Waals surface area (Å²) in [7, 11) is 1.68. The topological polar surface area (TPSA) is 99.4 Å². The summed E-state index contributed by atoms with van der Waals surface area (Å²) in [5.41, 5.74) is 0.161. The Morgan fingerprint density at radius 1 is 1.43 bits per heavy atom. The molecule has 9 heteroatoms. The first-order valence-corrected chi connectivity index (χ1v) is 9.80. The van der Waals surface area contributed by atoms with E-state index in [1.54, 1.807) is 11.9 Å². The highest BCUT2D eigenvalue weighted by atomic mass is 16.6. The second-order valence-corrected chi connectivity index (χ2v) is 8.66. The van der Waals surface area contributed by atoms with Crippen LogP contribution in [0.25, 0.3) is 0 Å². The maximum Gasteiger partial charge on any atom is 0.410 e. The van der Waals surface area contributed by atoms with Crippen molar-refractivity contribution < 1.29 is 24.1 Å². The van der Waals surface area contributed by atoms with E-state index in [1.165, 1.54) is 4.90 Å². The molecule has 0 aromatic carbocycles. The quantitative estimate of drug-likeness (QED) is 0.714. The van der Waals surface area contributed by atoms with E-state index in [-0.39, 0.29) is 18.2 Å². The Morgan fingerprint density at radius 2 is 2.14 bits per heavy atom. The van der Waals surface area contributed by atoms with Crippen LogP contribution in [0.2, 0.25) is 0 Å². The highest BCUT2D eigenvalue weighted by molar-refractivity contribution is 5.75. The summed E-state index contributed by atoms with van der Waals surface area (Å²) in [6.07, 6.45) is 3.26. The average molecular weight is 394 g/mol. The largest absolute Gasteiger partial charge is 0.444 e. The Morgan fingerprint density at radius 3 is 2.71 bits per heavy atom. The Kier molecular flexibility index (Phi) is 5.83. The van der Waals surface area contributed by atoms with Crippen molar-refractivity contribution in [1.29, 1.82) is 0 Å². The Bertz CT molecular complexity index is 709. The summed E-state index contributed by atoms with van der Waals surface area (Å²) in [5, 5.41) is 14.6. The second kappa shape index (κ2) is 7.98. The van der Waals surface area contributed by atoms with Gasteiger partial charge in [-0.05, 0) is 33.1 Å². The SMILES string of the molecule is CN(CCc1cc([C@H](CC2CC2)N2CCN(O)C2=O)no1)C(=O)OC(C)(C)C. The van der Waals surface area contributed by atoms with Gasteiger partial charge in [0, 0.05) is 32.6 Å². The van der Waals surface area contributed by atoms with Gasteiger partial charge in [-0.15, -0.1) is 0 Å². The maximum atomic E-state index is 12.2. The molecule has 2 aliphatic rings. The number of hydrogen-bond donors (Lipinski definition) is 1. The molecule has 1 saturated heterocycles. The van der Waals surface area contributed by atoms with Gasteiger partial charge in [0.05, 0.1) is 12.6 Å². The third kappa shape index (κ3) is 5.15. The molecule has 9 nitrogen and oxygen atoms in total. The minimum absolute atomic E-state index is 0.196. The molecule has 1 atom stereocenters. The third-order valence-corrected chi connectivity index (χ3v) is 4.97. The first kappa shape index (κ1) is 20.4. The minimum Gasteiger partial charge on any atom is -0.444 e. The molecule has 2 fully saturated rings. The molecule has 0 bridgehead atoms. The number of carbonyl (C=O) groups excluding carboxylic acids is 2. The van der Waals surface area contributed by atoms with Gasteiger partial charge in [-0.3, -0.25) is 5.21 Å². The lowest BCUT2D eigenvalue weighted by Gasteiger charge is -2.25. The number of hydrogen-bond acceptors (Lipinski definition) is 6. The second-order valence-electron chi connectivity index (χ2n) is 8.66. The summed E-state index contributed by atoms with van der Waals surface area (Å²) in [5.74, 6) is 1.24. The molecule has 2 heterocycles. The smallest absolute Gasteiger partial charge is 0.410 e. The molecule has 28 heavy (non-hydrogen) atoms. The van der Waals surface area contributed by atoms with Crippen LogP contribution in [0.15, 0.2) is 10.6 Å². The fourth-order valence-corrected chi connectivity index (χ4v) is 3.22. The summed E-state index contributed by atoms with van der Waals surface area (Å²) < 4.78 is 10.8. The van der Waals surface area contributed by atoms with Crippen LogP contribution in [-0.4, -0.2) is 69.6 Å². The fraction of sp³-hybridized carbons (Fsp3) is 0.737. The summed E-state index contributed by atoms with van der Waals surface area (Å²) >= 11 is 0. The Labute approximate surface area is 165 Å². The third-order valence-electron chi connectivity index (χ3n) is 4.97. The minimum atomic E-state index is -0.538. The van der Waals surface area contributed by atoms with Crippen LogP contribution in [0.5, 0.6) is 0 Å². The first-order valence-electron chi connectivity index (χ1n) is 9.80. The van der Waals surface area contributed by atoms with Crippen molar-refractivity contribution in [3.8, 4) is 0 Å². The Hall–Kier alpha value is -2.29. The van der Waals surface area contributed by atoms with E-state index < -0.39 is 5.60 Å². The number of rotatable bonds is 7. The van der Waals surface area contributed by atoms with Crippen LogP contribution < -0.4 is 0 Å². The summed E-state index contributed by atoms with van der Waals surface area (Å²) in [6, 6.07) is 1.27. The molecule has 3 rings (SSSR count). The van der Waals surface area contributed by atoms with Crippen molar-refractivity contribution in [2.75, 3.05) is 26.7 Å². The van der Waals surface area contributed by atoms with Crippen LogP contribution in [0.3, 0.4) is 0 Å². The standard InChI is InChI=1S/C19H30N4O5/c1-19(2,3)27-18(25)21(4)8-7-14-12-15(20-28-14)16(11-13-5-6-13)22-9-10-23(26)17(22)24/h12-13,16,26H,5-11H2,1-4H3/t16-/m0/s1. The van der Waals surface area contributed by atoms with E-state index in [0.717, 1.165) is 24.3 Å². The number of ether oxygens (including phenoxy) is 1. The Balaban J connectivity index is 1.61. The average Bonchev–Trinajstić information content (AvgIpc) is 3.21. The fourth-order valence-electron chi connectivity index (χ4n) is 3.22. The number of likely N-dealkylation sites (N-methyl/N-ethyl adjacent to an activating group) is 1. The van der Waals surface area contributed by atoms with E-state index in [9.17, 15) is 14.8 Å². The van der Waals surface area contributed by atoms with Crippen LogP contribution in [0, 0.1) is 5.92 Å². The zero-order valence-electron chi connectivity index (χ0n) is 17.1. The number of amides is 3. The van der Waals surface area contributed by atoms with Gasteiger partial charge in [-0.25, -0.2) is 14.7 Å². The first-order chi connectivity index (χ1) is 13.1. The zero-order valence-corrected chi connectivity index (χ0v) is 17.1. The van der Waals surface area contributed by atoms with Gasteiger partial charge in [0.1, 0.15) is 17.1 Å². The molecule has 1 aromatic rings. The van der Waals surface area contributed by atoms with Gasteiger partial charge < -0.3 is 19.1 Å². The molecule has 3 amide bonds. The highest BCUT2D eigenvalue weighted by Crippen LogP contribution is 2.40. The summed E-state index contributed by atoms with van der Waals surface area (Å²) in [4.78, 5) is 27.4. The van der Waals surface area contributed by atoms with Crippen LogP contribution in [0.4, 0.5) is 9.59 Å². The molecule has 1 aliphatic carbocycles. The van der Waals surface area contributed by atoms with E-state index in [1.807, 2.05) is 26.8 Å². The monoisotopic (exact) mass is 394 g/mol. The molecule has 156 valence electrons. The van der Waals surface area contributed by atoms with Gasteiger partial charge in [-0.2, -0.15) is 0 Å². The van der Waals surface area contributed by atoms with Gasteiger partial charge in [-0.1, -0.05) is 18.0 Å². The van der Waals surface area contributed by atoms with Crippen molar-refractivity contribution in [2.45, 2.75) is 58.1 Å². The van der Waals surface area contributed by atoms with Crippen LogP contribution in [0.1, 0.15) is 57.5 Å². The predicted molar refractivity (Wildman–Crippen MR) is 99.7 cm³/mol. The van der Waals surface area contributed by atoms with Gasteiger partial charge in [0.25, 0.3) is 0 Å². The van der Waals surface area contributed by atoms with Crippen LogP contribution >= 0.6 is 0 Å². The normalized spacial score (nSPS) is 18.5. The molecule has 1 N–H and O–H groups in total. The van der Waals surface area contributed by atoms with E-state index in [0.29, 0.717) is 43.4 Å². The lowest BCUT2D eigenvalue weighted by atomic mass is 10.0. The highest BCUT2D eigenvalue weighted by Gasteiger charge is 2.38. The van der Waals surface area contributed by atoms with E-state index >= 15 is 0 Å². The van der Waals surface area contributed by atoms with Crippen molar-refractivity contribution in [2.24, 2.45) is 5.92 Å². The van der Waals surface area contributed by atoms with Crippen molar-refractivity contribution >= 4 is 12.1 Å². The molecule has 0 spiro atoms. The lowest BCUT2D eigenvalue weighted by molar-refractivity contribution is -0.0278. The molecule has 1 aromatic heterocycles. The molecule has 1 aliphatic heterocycles. The molecule has 0 radical (unpaired) electrons. The van der Waals surface area contributed by atoms with Gasteiger partial charge in [0.15, 0.2) is 0 Å². The van der Waals surface area contributed by atoms with E-state index in [4.69, 9.17) is 9.26 Å². The number of aromatic nitrogens is 1. The molecule has 0 unspecified atom stereocenters. The predicted octanol–water partition coefficient (Wildman–Crippen LogP) is 3.05. The van der Waals surface area contributed by atoms with Crippen molar-refractivity contribution in [3.63, 3.8) is 0 Å². The van der Waals surface area contributed by atoms with Crippen LogP contribution in [-0.2, 0) is 11.2 Å². The number of carbonyl (C=O) groups is 2. The molecular formula is C19H30N4O5. The van der Waals surface area contributed by atoms with Crippen molar-refractivity contribution in [3.05, 3.63) is 17.5 Å². The van der Waals surface area contributed by atoms with Gasteiger partial charge in [0.2, 0.25) is 0 Å². The number of nitrogens with zero attached hydrogens (tertiary/aromatic N) is 4. The molecule has 1 saturated carbocycles. The molecular weight excluding hydrogens is 364 g/mol. The lowest BCUT2D eigenvalue weighted by Crippen LogP contribution is -2.35. The van der Waals surface area contributed by atoms with Gasteiger partial charge >= 0.3 is 12.1 Å². The maximum absolute atomic E-state index is 12.2. The summed E-state index contributed by atoms with van der Waals surface area (Å²) in [6.45, 7) is 6.68. The zero-order chi connectivity index (χ0) is 20.5. The van der Waals surface area contributed by atoms with E-state index in [2.05, 4.69) is 5.16 Å². The number of urea groups is 1. The van der Waals surface area contributed by atoms with Crippen molar-refractivity contribution in [1.82, 2.24) is 20.0 Å².